The van der Waals surface area contributed by atoms with Crippen molar-refractivity contribution >= 4 is 11.4 Å². The molecule has 4 nitrogen and oxygen atoms in total. The van der Waals surface area contributed by atoms with Crippen LogP contribution in [0.15, 0.2) is 72.8 Å². The summed E-state index contributed by atoms with van der Waals surface area (Å²) >= 11 is 0. The average Bonchev–Trinajstić information content (AvgIpc) is 3.33. The van der Waals surface area contributed by atoms with Gasteiger partial charge in [0.1, 0.15) is 0 Å². The first kappa shape index (κ1) is 18.6. The van der Waals surface area contributed by atoms with Crippen LogP contribution >= 0.6 is 0 Å². The van der Waals surface area contributed by atoms with Gasteiger partial charge < -0.3 is 0 Å². The molecule has 1 spiro atoms. The first-order valence-electron chi connectivity index (χ1n) is 10.3. The van der Waals surface area contributed by atoms with Gasteiger partial charge in [0.05, 0.1) is 41.8 Å². The Balaban J connectivity index is 1.88. The van der Waals surface area contributed by atoms with Crippen LogP contribution < -0.4 is 0 Å². The van der Waals surface area contributed by atoms with E-state index in [9.17, 15) is 10.5 Å². The fraction of sp³-hybridized carbons (Fsp3) is 0.0345. The van der Waals surface area contributed by atoms with Gasteiger partial charge in [-0.2, -0.15) is 10.5 Å². The van der Waals surface area contributed by atoms with Gasteiger partial charge in [0.2, 0.25) is 0 Å². The van der Waals surface area contributed by atoms with Crippen LogP contribution in [0.4, 0.5) is 11.4 Å². The van der Waals surface area contributed by atoms with Gasteiger partial charge in [0.15, 0.2) is 11.4 Å². The maximum Gasteiger partial charge on any atom is 0.187 e. The molecule has 0 fully saturated rings. The Morgan fingerprint density at radius 2 is 0.909 bits per heavy atom. The van der Waals surface area contributed by atoms with Crippen LogP contribution in [0.3, 0.4) is 0 Å². The molecule has 2 aliphatic carbocycles. The molecule has 0 bridgehead atoms. The molecule has 0 aromatic heterocycles. The maximum absolute atomic E-state index is 9.68. The highest BCUT2D eigenvalue weighted by molar-refractivity contribution is 5.96. The van der Waals surface area contributed by atoms with E-state index in [1.54, 1.807) is 0 Å². The maximum atomic E-state index is 9.68. The smallest absolute Gasteiger partial charge is 0.187 e. The zero-order chi connectivity index (χ0) is 22.7. The van der Waals surface area contributed by atoms with E-state index in [1.165, 1.54) is 0 Å². The number of nitrogens with zero attached hydrogens (tertiary/aromatic N) is 4. The average molecular weight is 416 g/mol. The summed E-state index contributed by atoms with van der Waals surface area (Å²) in [4.78, 5) is 7.35. The fourth-order valence-corrected chi connectivity index (χ4v) is 5.48. The number of hydrogen-bond donors (Lipinski definition) is 0. The topological polar surface area (TPSA) is 56.3 Å². The minimum Gasteiger partial charge on any atom is -0.238 e. The van der Waals surface area contributed by atoms with Gasteiger partial charge in [0.25, 0.3) is 0 Å². The molecule has 0 unspecified atom stereocenters. The van der Waals surface area contributed by atoms with E-state index < -0.39 is 5.41 Å². The van der Waals surface area contributed by atoms with Crippen molar-refractivity contribution < 1.29 is 0 Å². The standard InChI is InChI=1S/C29H12N4/c1-32-19-5-9-23-24-10-6-20(33-2)14-28(24)29(27(23)13-19)25-11-17(15-30)3-7-21(25)22-8-4-18(16-31)12-26(22)29/h3-14H. The molecule has 2 aliphatic rings. The molecule has 33 heavy (non-hydrogen) atoms. The van der Waals surface area contributed by atoms with Crippen LogP contribution in [0.5, 0.6) is 0 Å². The summed E-state index contributed by atoms with van der Waals surface area (Å²) < 4.78 is 0. The SMILES string of the molecule is [C-]#[N+]c1ccc2c(c1)C1(c3cc(C#N)ccc3-c3ccc(C#N)cc31)c1cc([N+]#[C-])ccc1-2. The molecule has 0 atom stereocenters. The van der Waals surface area contributed by atoms with E-state index >= 15 is 0 Å². The molecule has 0 heterocycles. The summed E-state index contributed by atoms with van der Waals surface area (Å²) in [7, 11) is 0. The molecule has 0 saturated heterocycles. The highest BCUT2D eigenvalue weighted by Gasteiger charge is 2.51. The molecule has 148 valence electrons. The van der Waals surface area contributed by atoms with Gasteiger partial charge in [-0.05, 0) is 68.8 Å². The van der Waals surface area contributed by atoms with Gasteiger partial charge >= 0.3 is 0 Å². The van der Waals surface area contributed by atoms with E-state index in [1.807, 2.05) is 72.8 Å². The third-order valence-electron chi connectivity index (χ3n) is 6.76. The summed E-state index contributed by atoms with van der Waals surface area (Å²) in [6.07, 6.45) is 0. The van der Waals surface area contributed by atoms with Crippen molar-refractivity contribution in [3.8, 4) is 34.4 Å². The Kier molecular flexibility index (Phi) is 3.62. The molecule has 6 rings (SSSR count). The summed E-state index contributed by atoms with van der Waals surface area (Å²) in [6.45, 7) is 15.2. The third kappa shape index (κ3) is 2.20. The molecular formula is C29H12N4. The minimum atomic E-state index is -0.809. The Morgan fingerprint density at radius 1 is 0.545 bits per heavy atom. The lowest BCUT2D eigenvalue weighted by Gasteiger charge is -2.31. The molecule has 4 heteroatoms. The highest BCUT2D eigenvalue weighted by atomic mass is 14.7. The quantitative estimate of drug-likeness (QED) is 0.254. The Bertz CT molecular complexity index is 1460. The van der Waals surface area contributed by atoms with Crippen LogP contribution in [0, 0.1) is 35.8 Å². The number of nitriles is 2. The largest absolute Gasteiger partial charge is 0.238 e. The molecule has 0 N–H and O–H groups in total. The Labute approximate surface area is 190 Å². The van der Waals surface area contributed by atoms with Crippen molar-refractivity contribution in [3.63, 3.8) is 0 Å². The van der Waals surface area contributed by atoms with E-state index in [2.05, 4.69) is 21.8 Å². The molecule has 0 amide bonds. The second-order valence-corrected chi connectivity index (χ2v) is 8.18. The van der Waals surface area contributed by atoms with E-state index in [-0.39, 0.29) is 0 Å². The number of hydrogen-bond acceptors (Lipinski definition) is 2. The van der Waals surface area contributed by atoms with Crippen molar-refractivity contribution in [2.45, 2.75) is 5.41 Å². The van der Waals surface area contributed by atoms with Crippen LogP contribution in [0.25, 0.3) is 31.9 Å². The summed E-state index contributed by atoms with van der Waals surface area (Å²) in [5, 5.41) is 19.4. The molecule has 0 saturated carbocycles. The number of rotatable bonds is 0. The number of fused-ring (bicyclic) bond motifs is 10. The Morgan fingerprint density at radius 3 is 1.27 bits per heavy atom. The molecule has 0 aliphatic heterocycles. The molecule has 4 aromatic carbocycles. The molecule has 0 radical (unpaired) electrons. The van der Waals surface area contributed by atoms with Crippen molar-refractivity contribution in [2.24, 2.45) is 0 Å². The summed E-state index contributed by atoms with van der Waals surface area (Å²) in [6, 6.07) is 27.3. The molecule has 4 aromatic rings. The zero-order valence-electron chi connectivity index (χ0n) is 17.2. The van der Waals surface area contributed by atoms with Crippen LogP contribution in [-0.4, -0.2) is 0 Å². The number of benzene rings is 4. The predicted octanol–water partition coefficient (Wildman–Crippen LogP) is 6.88. The van der Waals surface area contributed by atoms with E-state index in [0.29, 0.717) is 22.5 Å². The lowest BCUT2D eigenvalue weighted by Crippen LogP contribution is -2.26. The minimum absolute atomic E-state index is 0.522. The van der Waals surface area contributed by atoms with Crippen LogP contribution in [0.1, 0.15) is 33.4 Å². The predicted molar refractivity (Wildman–Crippen MR) is 125 cm³/mol. The fourth-order valence-electron chi connectivity index (χ4n) is 5.48. The van der Waals surface area contributed by atoms with Crippen molar-refractivity contribution in [3.05, 3.63) is 129 Å². The van der Waals surface area contributed by atoms with Crippen molar-refractivity contribution in [2.75, 3.05) is 0 Å². The van der Waals surface area contributed by atoms with Gasteiger partial charge in [-0.3, -0.25) is 0 Å². The van der Waals surface area contributed by atoms with Crippen molar-refractivity contribution in [1.82, 2.24) is 0 Å². The normalized spacial score (nSPS) is 13.0. The van der Waals surface area contributed by atoms with E-state index in [0.717, 1.165) is 44.5 Å². The van der Waals surface area contributed by atoms with E-state index in [4.69, 9.17) is 13.1 Å². The Hall–Kier alpha value is -5.16. The molecular weight excluding hydrogens is 404 g/mol. The van der Waals surface area contributed by atoms with Gasteiger partial charge in [-0.1, -0.05) is 48.5 Å². The second-order valence-electron chi connectivity index (χ2n) is 8.18. The summed E-state index contributed by atoms with van der Waals surface area (Å²) in [5.74, 6) is 0. The lowest BCUT2D eigenvalue weighted by molar-refractivity contribution is 0.794. The first-order valence-corrected chi connectivity index (χ1v) is 10.3. The lowest BCUT2D eigenvalue weighted by atomic mass is 9.70. The monoisotopic (exact) mass is 416 g/mol. The second kappa shape index (κ2) is 6.42. The first-order chi connectivity index (χ1) is 16.1. The van der Waals surface area contributed by atoms with Gasteiger partial charge in [0, 0.05) is 0 Å². The van der Waals surface area contributed by atoms with Crippen molar-refractivity contribution in [1.29, 1.82) is 10.5 Å². The zero-order valence-corrected chi connectivity index (χ0v) is 17.2. The highest BCUT2D eigenvalue weighted by Crippen LogP contribution is 2.63. The van der Waals surface area contributed by atoms with Gasteiger partial charge in [-0.25, -0.2) is 9.69 Å². The summed E-state index contributed by atoms with van der Waals surface area (Å²) in [5.41, 5.74) is 9.07. The third-order valence-corrected chi connectivity index (χ3v) is 6.76. The van der Waals surface area contributed by atoms with Gasteiger partial charge in [-0.15, -0.1) is 0 Å². The van der Waals surface area contributed by atoms with Crippen LogP contribution in [0.2, 0.25) is 0 Å². The van der Waals surface area contributed by atoms with Crippen LogP contribution in [-0.2, 0) is 5.41 Å².